The van der Waals surface area contributed by atoms with Crippen LogP contribution in [-0.2, 0) is 0 Å². The maximum absolute atomic E-state index is 12.4. The highest BCUT2D eigenvalue weighted by molar-refractivity contribution is 4.85. The predicted octanol–water partition coefficient (Wildman–Crippen LogP) is 1.35. The molecule has 9 heavy (non-hydrogen) atoms. The van der Waals surface area contributed by atoms with Crippen LogP contribution in [0.25, 0.3) is 0 Å². The zero-order valence-corrected chi connectivity index (χ0v) is 5.69. The van der Waals surface area contributed by atoms with Crippen molar-refractivity contribution in [3.05, 3.63) is 0 Å². The molecule has 0 bridgehead atoms. The van der Waals surface area contributed by atoms with Gasteiger partial charge in [-0.2, -0.15) is 0 Å². The van der Waals surface area contributed by atoms with Crippen molar-refractivity contribution in [3.63, 3.8) is 0 Å². The molecular weight excluding hydrogens is 124 g/mol. The van der Waals surface area contributed by atoms with Crippen molar-refractivity contribution in [2.75, 3.05) is 13.6 Å². The Kier molecular flexibility index (Phi) is 1.47. The van der Waals surface area contributed by atoms with E-state index in [4.69, 9.17) is 0 Å². The summed E-state index contributed by atoms with van der Waals surface area (Å²) in [7, 11) is 1.73. The van der Waals surface area contributed by atoms with E-state index in [9.17, 15) is 8.78 Å². The molecule has 1 fully saturated rings. The smallest absolute Gasteiger partial charge is 0.262 e. The molecule has 0 saturated carbocycles. The summed E-state index contributed by atoms with van der Waals surface area (Å²) in [6.07, 6.45) is 0.0174. The minimum absolute atomic E-state index is 0.0174. The fraction of sp³-hybridized carbons (Fsp3) is 1.00. The van der Waals surface area contributed by atoms with Crippen molar-refractivity contribution in [3.8, 4) is 0 Å². The molecule has 1 saturated heterocycles. The van der Waals surface area contributed by atoms with E-state index in [1.807, 2.05) is 6.92 Å². The van der Waals surface area contributed by atoms with E-state index in [2.05, 4.69) is 0 Å². The van der Waals surface area contributed by atoms with E-state index >= 15 is 0 Å². The number of alkyl halides is 2. The van der Waals surface area contributed by atoms with Crippen molar-refractivity contribution >= 4 is 0 Å². The first kappa shape index (κ1) is 6.93. The van der Waals surface area contributed by atoms with Gasteiger partial charge in [0.25, 0.3) is 5.92 Å². The molecule has 1 aliphatic heterocycles. The second-order valence-corrected chi connectivity index (χ2v) is 2.82. The first-order valence-corrected chi connectivity index (χ1v) is 3.09. The first-order chi connectivity index (χ1) is 4.01. The van der Waals surface area contributed by atoms with E-state index in [-0.39, 0.29) is 19.0 Å². The SMILES string of the molecule is CC1CC(F)(F)CN1C. The van der Waals surface area contributed by atoms with Crippen molar-refractivity contribution < 1.29 is 8.78 Å². The van der Waals surface area contributed by atoms with Crippen molar-refractivity contribution in [2.45, 2.75) is 25.3 Å². The molecule has 0 N–H and O–H groups in total. The highest BCUT2D eigenvalue weighted by Gasteiger charge is 2.40. The van der Waals surface area contributed by atoms with Gasteiger partial charge in [0.15, 0.2) is 0 Å². The summed E-state index contributed by atoms with van der Waals surface area (Å²) in [4.78, 5) is 1.68. The average Bonchev–Trinajstić information content (AvgIpc) is 1.79. The molecular formula is C6H11F2N. The van der Waals surface area contributed by atoms with E-state index < -0.39 is 5.92 Å². The van der Waals surface area contributed by atoms with Gasteiger partial charge in [0.1, 0.15) is 0 Å². The summed E-state index contributed by atoms with van der Waals surface area (Å²) in [6.45, 7) is 1.75. The second kappa shape index (κ2) is 1.90. The summed E-state index contributed by atoms with van der Waals surface area (Å²) < 4.78 is 24.8. The van der Waals surface area contributed by atoms with Gasteiger partial charge < -0.3 is 0 Å². The Morgan fingerprint density at radius 1 is 1.56 bits per heavy atom. The van der Waals surface area contributed by atoms with Crippen molar-refractivity contribution in [1.82, 2.24) is 4.90 Å². The molecule has 0 spiro atoms. The van der Waals surface area contributed by atoms with Crippen LogP contribution in [0.2, 0.25) is 0 Å². The summed E-state index contributed by atoms with van der Waals surface area (Å²) >= 11 is 0. The summed E-state index contributed by atoms with van der Waals surface area (Å²) in [5.41, 5.74) is 0. The summed E-state index contributed by atoms with van der Waals surface area (Å²) in [6, 6.07) is 0.0417. The molecule has 0 amide bonds. The zero-order chi connectivity index (χ0) is 7.07. The Morgan fingerprint density at radius 3 is 2.22 bits per heavy atom. The standard InChI is InChI=1S/C6H11F2N/c1-5-3-6(7,8)4-9(5)2/h5H,3-4H2,1-2H3. The molecule has 0 aromatic heterocycles. The van der Waals surface area contributed by atoms with E-state index in [0.29, 0.717) is 0 Å². The third-order valence-corrected chi connectivity index (χ3v) is 1.83. The Labute approximate surface area is 53.6 Å². The summed E-state index contributed by atoms with van der Waals surface area (Å²) in [5, 5.41) is 0. The lowest BCUT2D eigenvalue weighted by atomic mass is 10.2. The summed E-state index contributed by atoms with van der Waals surface area (Å²) in [5.74, 6) is -2.44. The minimum atomic E-state index is -2.44. The molecule has 1 aliphatic rings. The Morgan fingerprint density at radius 2 is 2.11 bits per heavy atom. The van der Waals surface area contributed by atoms with E-state index in [1.165, 1.54) is 0 Å². The largest absolute Gasteiger partial charge is 0.298 e. The van der Waals surface area contributed by atoms with Crippen LogP contribution in [0, 0.1) is 0 Å². The van der Waals surface area contributed by atoms with Crippen LogP contribution in [0.5, 0.6) is 0 Å². The molecule has 0 aromatic rings. The van der Waals surface area contributed by atoms with Crippen LogP contribution in [0.3, 0.4) is 0 Å². The van der Waals surface area contributed by atoms with E-state index in [1.54, 1.807) is 11.9 Å². The first-order valence-electron chi connectivity index (χ1n) is 3.09. The fourth-order valence-electron chi connectivity index (χ4n) is 1.17. The number of halogens is 2. The molecule has 1 rings (SSSR count). The van der Waals surface area contributed by atoms with Gasteiger partial charge in [-0.15, -0.1) is 0 Å². The van der Waals surface area contributed by atoms with Crippen LogP contribution in [0.15, 0.2) is 0 Å². The normalized spacial score (nSPS) is 35.3. The lowest BCUT2D eigenvalue weighted by Crippen LogP contribution is -2.23. The number of nitrogens with zero attached hydrogens (tertiary/aromatic N) is 1. The van der Waals surface area contributed by atoms with Gasteiger partial charge >= 0.3 is 0 Å². The average molecular weight is 135 g/mol. The minimum Gasteiger partial charge on any atom is -0.298 e. The van der Waals surface area contributed by atoms with Crippen molar-refractivity contribution in [1.29, 1.82) is 0 Å². The van der Waals surface area contributed by atoms with Gasteiger partial charge in [0.2, 0.25) is 0 Å². The van der Waals surface area contributed by atoms with E-state index in [0.717, 1.165) is 0 Å². The molecule has 3 heteroatoms. The van der Waals surface area contributed by atoms with Crippen molar-refractivity contribution in [2.24, 2.45) is 0 Å². The highest BCUT2D eigenvalue weighted by Crippen LogP contribution is 2.29. The van der Waals surface area contributed by atoms with Gasteiger partial charge in [0.05, 0.1) is 6.54 Å². The highest BCUT2D eigenvalue weighted by atomic mass is 19.3. The Balaban J connectivity index is 2.54. The predicted molar refractivity (Wildman–Crippen MR) is 31.7 cm³/mol. The molecule has 1 heterocycles. The lowest BCUT2D eigenvalue weighted by molar-refractivity contribution is 0.0141. The number of likely N-dealkylation sites (tertiary alicyclic amines) is 1. The van der Waals surface area contributed by atoms with Gasteiger partial charge in [0, 0.05) is 12.5 Å². The third-order valence-electron chi connectivity index (χ3n) is 1.83. The molecule has 54 valence electrons. The van der Waals surface area contributed by atoms with Crippen LogP contribution < -0.4 is 0 Å². The fourth-order valence-corrected chi connectivity index (χ4v) is 1.17. The number of hydrogen-bond donors (Lipinski definition) is 0. The molecule has 0 aromatic carbocycles. The zero-order valence-electron chi connectivity index (χ0n) is 5.69. The lowest BCUT2D eigenvalue weighted by Gasteiger charge is -2.11. The number of hydrogen-bond acceptors (Lipinski definition) is 1. The van der Waals surface area contributed by atoms with Crippen LogP contribution >= 0.6 is 0 Å². The van der Waals surface area contributed by atoms with Gasteiger partial charge in [-0.3, -0.25) is 4.90 Å². The topological polar surface area (TPSA) is 3.24 Å². The quantitative estimate of drug-likeness (QED) is 0.484. The molecule has 0 aliphatic carbocycles. The number of rotatable bonds is 0. The second-order valence-electron chi connectivity index (χ2n) is 2.82. The van der Waals surface area contributed by atoms with Crippen LogP contribution in [0.1, 0.15) is 13.3 Å². The maximum Gasteiger partial charge on any atom is 0.262 e. The molecule has 1 atom stereocenters. The monoisotopic (exact) mass is 135 g/mol. The maximum atomic E-state index is 12.4. The third kappa shape index (κ3) is 1.39. The van der Waals surface area contributed by atoms with Gasteiger partial charge in [-0.25, -0.2) is 8.78 Å². The van der Waals surface area contributed by atoms with Gasteiger partial charge in [-0.1, -0.05) is 0 Å². The Bertz CT molecular complexity index is 102. The van der Waals surface area contributed by atoms with Crippen LogP contribution in [-0.4, -0.2) is 30.5 Å². The van der Waals surface area contributed by atoms with Gasteiger partial charge in [-0.05, 0) is 14.0 Å². The molecule has 1 nitrogen and oxygen atoms in total. The Hall–Kier alpha value is -0.180. The van der Waals surface area contributed by atoms with Crippen LogP contribution in [0.4, 0.5) is 8.78 Å². The molecule has 1 unspecified atom stereocenters. The molecule has 0 radical (unpaired) electrons.